The number of hydrogen-bond acceptors (Lipinski definition) is 2. The van der Waals surface area contributed by atoms with Gasteiger partial charge in [-0.2, -0.15) is 0 Å². The number of benzene rings is 2. The standard InChI is InChI=1S/C29H43N2/c1-26(2,3)30(27(4,5)6)22-13-15-24-20(18-22)17-21-19-23(14-16-25(21)24)31(28(7,8)9)29(10,11)12/h13-16,18H,17H2,1-12H3. The van der Waals surface area contributed by atoms with Crippen LogP contribution in [-0.4, -0.2) is 22.2 Å². The highest BCUT2D eigenvalue weighted by Gasteiger charge is 2.34. The van der Waals surface area contributed by atoms with E-state index in [1.165, 1.54) is 33.6 Å². The largest absolute Gasteiger partial charge is 0.362 e. The van der Waals surface area contributed by atoms with Crippen molar-refractivity contribution in [2.45, 2.75) is 112 Å². The molecule has 0 amide bonds. The van der Waals surface area contributed by atoms with E-state index in [1.807, 2.05) is 0 Å². The Balaban J connectivity index is 2.03. The molecule has 0 unspecified atom stereocenters. The maximum Gasteiger partial charge on any atom is 0.0458 e. The summed E-state index contributed by atoms with van der Waals surface area (Å²) in [6.07, 6.45) is 0.955. The Hall–Kier alpha value is -1.96. The minimum absolute atomic E-state index is 0.0293. The van der Waals surface area contributed by atoms with Crippen LogP contribution in [0.4, 0.5) is 11.4 Å². The van der Waals surface area contributed by atoms with E-state index in [2.05, 4.69) is 129 Å². The summed E-state index contributed by atoms with van der Waals surface area (Å²) in [7, 11) is 0. The highest BCUT2D eigenvalue weighted by atomic mass is 15.2. The zero-order chi connectivity index (χ0) is 23.6. The van der Waals surface area contributed by atoms with E-state index >= 15 is 0 Å². The zero-order valence-corrected chi connectivity index (χ0v) is 22.0. The molecule has 2 nitrogen and oxygen atoms in total. The van der Waals surface area contributed by atoms with E-state index in [1.54, 1.807) is 0 Å². The lowest BCUT2D eigenvalue weighted by Crippen LogP contribution is -2.53. The first kappa shape index (κ1) is 23.7. The molecule has 31 heavy (non-hydrogen) atoms. The molecule has 2 aromatic rings. The van der Waals surface area contributed by atoms with E-state index in [9.17, 15) is 0 Å². The topological polar surface area (TPSA) is 6.48 Å². The van der Waals surface area contributed by atoms with Crippen LogP contribution in [0.1, 0.15) is 94.2 Å². The van der Waals surface area contributed by atoms with Gasteiger partial charge in [-0.1, -0.05) is 12.1 Å². The summed E-state index contributed by atoms with van der Waals surface area (Å²) >= 11 is 0. The molecular formula is C29H43N2. The molecule has 2 heteroatoms. The summed E-state index contributed by atoms with van der Waals surface area (Å²) < 4.78 is 0. The summed E-state index contributed by atoms with van der Waals surface area (Å²) in [4.78, 5) is 5.04. The average molecular weight is 420 g/mol. The van der Waals surface area contributed by atoms with Crippen LogP contribution in [0.5, 0.6) is 0 Å². The summed E-state index contributed by atoms with van der Waals surface area (Å²) in [6, 6.07) is 15.4. The molecule has 0 heterocycles. The van der Waals surface area contributed by atoms with Gasteiger partial charge in [-0.15, -0.1) is 0 Å². The number of rotatable bonds is 2. The number of hydrogen-bond donors (Lipinski definition) is 0. The third-order valence-corrected chi connectivity index (χ3v) is 5.94. The van der Waals surface area contributed by atoms with Crippen LogP contribution >= 0.6 is 0 Å². The Morgan fingerprint density at radius 3 is 1.58 bits per heavy atom. The van der Waals surface area contributed by atoms with Gasteiger partial charge >= 0.3 is 0 Å². The van der Waals surface area contributed by atoms with Crippen molar-refractivity contribution < 1.29 is 0 Å². The molecule has 0 spiro atoms. The molecule has 1 radical (unpaired) electrons. The van der Waals surface area contributed by atoms with Gasteiger partial charge in [-0.05, 0) is 130 Å². The molecular weight excluding hydrogens is 376 g/mol. The van der Waals surface area contributed by atoms with Crippen molar-refractivity contribution in [2.24, 2.45) is 0 Å². The van der Waals surface area contributed by atoms with Crippen LogP contribution in [0.2, 0.25) is 0 Å². The summed E-state index contributed by atoms with van der Waals surface area (Å²) in [6.45, 7) is 27.5. The van der Waals surface area contributed by atoms with Gasteiger partial charge in [0.05, 0.1) is 0 Å². The van der Waals surface area contributed by atoms with E-state index < -0.39 is 0 Å². The van der Waals surface area contributed by atoms with Gasteiger partial charge in [-0.25, -0.2) is 0 Å². The normalized spacial score (nSPS) is 14.3. The van der Waals surface area contributed by atoms with Gasteiger partial charge in [0, 0.05) is 39.6 Å². The summed E-state index contributed by atoms with van der Waals surface area (Å²) in [5, 5.41) is 0. The Morgan fingerprint density at radius 1 is 0.613 bits per heavy atom. The fraction of sp³-hybridized carbons (Fsp3) is 0.586. The predicted octanol–water partition coefficient (Wildman–Crippen LogP) is 7.86. The van der Waals surface area contributed by atoms with Gasteiger partial charge in [0.25, 0.3) is 0 Å². The zero-order valence-electron chi connectivity index (χ0n) is 22.0. The molecule has 0 saturated heterocycles. The summed E-state index contributed by atoms with van der Waals surface area (Å²) in [5.41, 5.74) is 8.10. The van der Waals surface area contributed by atoms with E-state index in [4.69, 9.17) is 0 Å². The fourth-order valence-electron chi connectivity index (χ4n) is 5.88. The summed E-state index contributed by atoms with van der Waals surface area (Å²) in [5.74, 6) is 0. The molecule has 0 N–H and O–H groups in total. The highest BCUT2D eigenvalue weighted by Crippen LogP contribution is 2.43. The minimum Gasteiger partial charge on any atom is -0.362 e. The number of nitrogens with zero attached hydrogens (tertiary/aromatic N) is 2. The lowest BCUT2D eigenvalue weighted by molar-refractivity contribution is 0.380. The van der Waals surface area contributed by atoms with Crippen molar-refractivity contribution in [1.29, 1.82) is 0 Å². The van der Waals surface area contributed by atoms with Crippen LogP contribution < -0.4 is 9.80 Å². The Labute approximate surface area is 191 Å². The van der Waals surface area contributed by atoms with Gasteiger partial charge in [0.1, 0.15) is 0 Å². The molecule has 1 aliphatic carbocycles. The second kappa shape index (κ2) is 7.29. The van der Waals surface area contributed by atoms with Gasteiger partial charge < -0.3 is 9.80 Å². The SMILES string of the molecule is CC(C)(C)N(c1[c]c2c(cc1)-c1ccc(N(C(C)(C)C)C(C)(C)C)cc1C2)C(C)(C)C. The van der Waals surface area contributed by atoms with Crippen molar-refractivity contribution in [3.8, 4) is 11.1 Å². The first-order valence-electron chi connectivity index (χ1n) is 11.7. The van der Waals surface area contributed by atoms with Gasteiger partial charge in [0.2, 0.25) is 0 Å². The van der Waals surface area contributed by atoms with Crippen molar-refractivity contribution in [3.63, 3.8) is 0 Å². The molecule has 0 bridgehead atoms. The maximum atomic E-state index is 3.81. The minimum atomic E-state index is 0.0293. The lowest BCUT2D eigenvalue weighted by atomic mass is 9.93. The fourth-order valence-corrected chi connectivity index (χ4v) is 5.88. The van der Waals surface area contributed by atoms with E-state index in [0.717, 1.165) is 6.42 Å². The Morgan fingerprint density at radius 2 is 1.10 bits per heavy atom. The third-order valence-electron chi connectivity index (χ3n) is 5.94. The van der Waals surface area contributed by atoms with E-state index in [0.29, 0.717) is 0 Å². The highest BCUT2D eigenvalue weighted by molar-refractivity contribution is 5.80. The first-order chi connectivity index (χ1) is 13.9. The van der Waals surface area contributed by atoms with Crippen molar-refractivity contribution in [2.75, 3.05) is 9.80 Å². The third kappa shape index (κ3) is 4.64. The monoisotopic (exact) mass is 419 g/mol. The lowest BCUT2D eigenvalue weighted by Gasteiger charge is -2.47. The molecule has 0 atom stereocenters. The van der Waals surface area contributed by atoms with Gasteiger partial charge in [-0.3, -0.25) is 0 Å². The van der Waals surface area contributed by atoms with Gasteiger partial charge in [0.15, 0.2) is 0 Å². The smallest absolute Gasteiger partial charge is 0.0458 e. The van der Waals surface area contributed by atoms with Crippen molar-refractivity contribution in [3.05, 3.63) is 47.5 Å². The second-order valence-corrected chi connectivity index (χ2v) is 13.1. The quantitative estimate of drug-likeness (QED) is 0.417. The number of fused-ring (bicyclic) bond motifs is 3. The number of anilines is 2. The van der Waals surface area contributed by atoms with Crippen LogP contribution in [0, 0.1) is 6.07 Å². The first-order valence-corrected chi connectivity index (χ1v) is 11.7. The van der Waals surface area contributed by atoms with Crippen LogP contribution in [0.25, 0.3) is 11.1 Å². The van der Waals surface area contributed by atoms with Crippen molar-refractivity contribution in [1.82, 2.24) is 0 Å². The van der Waals surface area contributed by atoms with Crippen LogP contribution in [0.15, 0.2) is 30.3 Å². The molecule has 0 aliphatic heterocycles. The molecule has 0 aromatic heterocycles. The Kier molecular flexibility index (Phi) is 5.57. The molecule has 2 aromatic carbocycles. The molecule has 0 fully saturated rings. The average Bonchev–Trinajstić information content (AvgIpc) is 2.85. The molecule has 169 valence electrons. The van der Waals surface area contributed by atoms with Crippen molar-refractivity contribution >= 4 is 11.4 Å². The van der Waals surface area contributed by atoms with Crippen LogP contribution in [0.3, 0.4) is 0 Å². The molecule has 0 saturated carbocycles. The van der Waals surface area contributed by atoms with E-state index in [-0.39, 0.29) is 22.2 Å². The molecule has 1 aliphatic rings. The predicted molar refractivity (Wildman–Crippen MR) is 137 cm³/mol. The molecule has 3 rings (SSSR count). The van der Waals surface area contributed by atoms with Crippen LogP contribution in [-0.2, 0) is 6.42 Å². The second-order valence-electron chi connectivity index (χ2n) is 13.1. The Bertz CT molecular complexity index is 849. The maximum absolute atomic E-state index is 3.81.